The number of carbonyl (C=O) groups is 1. The zero-order valence-corrected chi connectivity index (χ0v) is 10.1. The number of hydrogen-bond acceptors (Lipinski definition) is 3. The van der Waals surface area contributed by atoms with Crippen molar-refractivity contribution in [2.75, 3.05) is 13.1 Å². The Morgan fingerprint density at radius 1 is 1.35 bits per heavy atom. The highest BCUT2D eigenvalue weighted by molar-refractivity contribution is 9.12. The van der Waals surface area contributed by atoms with Crippen molar-refractivity contribution in [3.05, 3.63) is 0 Å². The molecule has 0 aromatic heterocycles. The predicted molar refractivity (Wildman–Crippen MR) is 53.5 cm³/mol. The molecule has 0 spiro atoms. The quantitative estimate of drug-likeness (QED) is 0.548. The Hall–Kier alpha value is -0.810. The van der Waals surface area contributed by atoms with Gasteiger partial charge in [-0.25, -0.2) is 9.18 Å². The van der Waals surface area contributed by atoms with Gasteiger partial charge in [0, 0.05) is 41.9 Å². The second-order valence-corrected chi connectivity index (χ2v) is 3.89. The number of piperidine rings is 1. The van der Waals surface area contributed by atoms with Gasteiger partial charge in [0.15, 0.2) is 5.67 Å². The molecule has 0 amide bonds. The summed E-state index contributed by atoms with van der Waals surface area (Å²) in [7, 11) is 0. The van der Waals surface area contributed by atoms with Crippen LogP contribution in [0.1, 0.15) is 12.8 Å². The Labute approximate surface area is 103 Å². The van der Waals surface area contributed by atoms with E-state index in [9.17, 15) is 22.4 Å². The summed E-state index contributed by atoms with van der Waals surface area (Å²) in [6.07, 6.45) is -5.27. The molecule has 8 heteroatoms. The number of rotatable bonds is 1. The molecule has 3 nitrogen and oxygen atoms in total. The fourth-order valence-electron chi connectivity index (χ4n) is 1.31. The molecule has 0 aromatic rings. The molecule has 1 rings (SSSR count). The molecule has 96 valence electrons. The molecule has 0 aromatic carbocycles. The smallest absolute Gasteiger partial charge is 0.361 e. The highest BCUT2D eigenvalue weighted by Gasteiger charge is 2.44. The molecule has 0 unspecified atom stereocenters. The number of carbonyl (C=O) groups excluding carboxylic acids is 1. The van der Waals surface area contributed by atoms with Gasteiger partial charge in [-0.2, -0.15) is 13.2 Å². The Balaban J connectivity index is 2.47. The molecule has 1 heterocycles. The van der Waals surface area contributed by atoms with E-state index >= 15 is 0 Å². The van der Waals surface area contributed by atoms with Gasteiger partial charge >= 0.3 is 12.1 Å². The SMILES string of the molecule is O=C(ON1CCC(F)(C#CBr)CC1)C(F)(F)F. The molecule has 0 N–H and O–H groups in total. The van der Waals surface area contributed by atoms with Gasteiger partial charge in [0.05, 0.1) is 0 Å². The van der Waals surface area contributed by atoms with Gasteiger partial charge in [-0.1, -0.05) is 0 Å². The van der Waals surface area contributed by atoms with Gasteiger partial charge in [0.25, 0.3) is 0 Å². The van der Waals surface area contributed by atoms with Crippen LogP contribution < -0.4 is 0 Å². The van der Waals surface area contributed by atoms with E-state index < -0.39 is 17.8 Å². The monoisotopic (exact) mass is 317 g/mol. The van der Waals surface area contributed by atoms with Gasteiger partial charge in [-0.15, -0.1) is 5.06 Å². The average molecular weight is 318 g/mol. The van der Waals surface area contributed by atoms with Crippen molar-refractivity contribution in [2.45, 2.75) is 24.7 Å². The second-order valence-electron chi connectivity index (χ2n) is 3.49. The highest BCUT2D eigenvalue weighted by Crippen LogP contribution is 2.27. The van der Waals surface area contributed by atoms with Crippen LogP contribution in [0.5, 0.6) is 0 Å². The number of hydrogen-bond donors (Lipinski definition) is 0. The lowest BCUT2D eigenvalue weighted by molar-refractivity contribution is -0.243. The van der Waals surface area contributed by atoms with Crippen LogP contribution in [0.15, 0.2) is 0 Å². The van der Waals surface area contributed by atoms with E-state index in [1.165, 1.54) is 0 Å². The normalized spacial score (nSPS) is 20.3. The van der Waals surface area contributed by atoms with Crippen molar-refractivity contribution in [1.29, 1.82) is 0 Å². The zero-order chi connectivity index (χ0) is 13.1. The Morgan fingerprint density at radius 3 is 2.29 bits per heavy atom. The standard InChI is InChI=1S/C9H8BrF4NO2/c10-4-1-8(11)2-5-15(6-3-8)17-7(16)9(12,13)14/h2-3,5-6H2. The summed E-state index contributed by atoms with van der Waals surface area (Å²) in [6.45, 7) is -0.250. The molecular weight excluding hydrogens is 310 g/mol. The molecule has 0 bridgehead atoms. The summed E-state index contributed by atoms with van der Waals surface area (Å²) in [5.74, 6) is -0.0203. The Morgan fingerprint density at radius 2 is 1.88 bits per heavy atom. The van der Waals surface area contributed by atoms with Crippen molar-refractivity contribution in [2.24, 2.45) is 0 Å². The van der Waals surface area contributed by atoms with E-state index in [2.05, 4.69) is 31.5 Å². The van der Waals surface area contributed by atoms with Crippen LogP contribution in [0.3, 0.4) is 0 Å². The Bertz CT molecular complexity index is 352. The summed E-state index contributed by atoms with van der Waals surface area (Å²) >= 11 is 2.75. The predicted octanol–water partition coefficient (Wildman–Crippen LogP) is 2.17. The maximum Gasteiger partial charge on any atom is 0.492 e. The zero-order valence-electron chi connectivity index (χ0n) is 8.48. The lowest BCUT2D eigenvalue weighted by atomic mass is 9.95. The average Bonchev–Trinajstić information content (AvgIpc) is 2.20. The van der Waals surface area contributed by atoms with Gasteiger partial charge in [0.1, 0.15) is 0 Å². The minimum absolute atomic E-state index is 0.114. The van der Waals surface area contributed by atoms with E-state index in [-0.39, 0.29) is 25.9 Å². The number of hydroxylamine groups is 2. The highest BCUT2D eigenvalue weighted by atomic mass is 79.9. The number of alkyl halides is 4. The molecule has 17 heavy (non-hydrogen) atoms. The van der Waals surface area contributed by atoms with Crippen molar-refractivity contribution >= 4 is 21.9 Å². The second kappa shape index (κ2) is 5.23. The number of halogens is 5. The van der Waals surface area contributed by atoms with E-state index in [0.29, 0.717) is 0 Å². The first-order valence-electron chi connectivity index (χ1n) is 4.63. The van der Waals surface area contributed by atoms with Gasteiger partial charge in [0.2, 0.25) is 0 Å². The third kappa shape index (κ3) is 4.16. The number of nitrogens with zero attached hydrogens (tertiary/aromatic N) is 1. The third-order valence-corrected chi connectivity index (χ3v) is 2.43. The molecule has 0 atom stereocenters. The molecule has 0 saturated carbocycles. The van der Waals surface area contributed by atoms with E-state index in [4.69, 9.17) is 0 Å². The van der Waals surface area contributed by atoms with Crippen LogP contribution in [-0.2, 0) is 9.63 Å². The first-order valence-corrected chi connectivity index (χ1v) is 5.42. The summed E-state index contributed by atoms with van der Waals surface area (Å²) in [5.41, 5.74) is -1.75. The van der Waals surface area contributed by atoms with Crippen LogP contribution in [-0.4, -0.2) is 36.0 Å². The molecule has 1 aliphatic heterocycles. The maximum atomic E-state index is 13.7. The van der Waals surface area contributed by atoms with Crippen molar-refractivity contribution in [1.82, 2.24) is 5.06 Å². The first kappa shape index (κ1) is 14.3. The molecule has 0 aliphatic carbocycles. The van der Waals surface area contributed by atoms with E-state index in [1.807, 2.05) is 0 Å². The largest absolute Gasteiger partial charge is 0.492 e. The molecule has 1 aliphatic rings. The van der Waals surface area contributed by atoms with Gasteiger partial charge in [-0.3, -0.25) is 0 Å². The summed E-state index contributed by atoms with van der Waals surface area (Å²) in [5, 5.41) is 0.795. The maximum absolute atomic E-state index is 13.7. The molecular formula is C9H8BrF4NO2. The fraction of sp³-hybridized carbons (Fsp3) is 0.667. The van der Waals surface area contributed by atoms with Crippen LogP contribution in [0.25, 0.3) is 0 Å². The lowest BCUT2D eigenvalue weighted by Gasteiger charge is -2.31. The van der Waals surface area contributed by atoms with Crippen LogP contribution >= 0.6 is 15.9 Å². The molecule has 0 radical (unpaired) electrons. The topological polar surface area (TPSA) is 29.5 Å². The summed E-state index contributed by atoms with van der Waals surface area (Å²) in [4.78, 5) is 16.8. The van der Waals surface area contributed by atoms with Crippen molar-refractivity contribution in [3.63, 3.8) is 0 Å². The van der Waals surface area contributed by atoms with Gasteiger partial charge < -0.3 is 4.84 Å². The molecule has 1 saturated heterocycles. The van der Waals surface area contributed by atoms with Crippen LogP contribution in [0, 0.1) is 10.8 Å². The first-order chi connectivity index (χ1) is 7.77. The lowest BCUT2D eigenvalue weighted by Crippen LogP contribution is -2.44. The van der Waals surface area contributed by atoms with Crippen LogP contribution in [0.4, 0.5) is 17.6 Å². The van der Waals surface area contributed by atoms with Crippen LogP contribution in [0.2, 0.25) is 0 Å². The fourth-order valence-corrected chi connectivity index (χ4v) is 1.67. The Kier molecular flexibility index (Phi) is 4.38. The van der Waals surface area contributed by atoms with E-state index in [0.717, 1.165) is 5.06 Å². The molecule has 1 fully saturated rings. The van der Waals surface area contributed by atoms with Gasteiger partial charge in [-0.05, 0) is 10.8 Å². The summed E-state index contributed by atoms with van der Waals surface area (Å²) in [6, 6.07) is 0. The minimum atomic E-state index is -5.04. The van der Waals surface area contributed by atoms with Crippen molar-refractivity contribution < 1.29 is 27.2 Å². The van der Waals surface area contributed by atoms with E-state index in [1.54, 1.807) is 0 Å². The third-order valence-electron chi connectivity index (χ3n) is 2.23. The minimum Gasteiger partial charge on any atom is -0.361 e. The van der Waals surface area contributed by atoms with Crippen molar-refractivity contribution in [3.8, 4) is 10.8 Å². The summed E-state index contributed by atoms with van der Waals surface area (Å²) < 4.78 is 49.3.